The van der Waals surface area contributed by atoms with Crippen LogP contribution in [0.15, 0.2) is 28.7 Å². The van der Waals surface area contributed by atoms with Crippen LogP contribution >= 0.6 is 0 Å². The van der Waals surface area contributed by atoms with Gasteiger partial charge in [0, 0.05) is 5.56 Å². The van der Waals surface area contributed by atoms with E-state index in [1.54, 1.807) is 45.0 Å². The highest BCUT2D eigenvalue weighted by Crippen LogP contribution is 2.23. The molecule has 0 spiro atoms. The van der Waals surface area contributed by atoms with Crippen LogP contribution in [-0.4, -0.2) is 25.6 Å². The first-order valence-corrected chi connectivity index (χ1v) is 7.10. The van der Waals surface area contributed by atoms with Gasteiger partial charge < -0.3 is 19.2 Å². The van der Waals surface area contributed by atoms with E-state index in [0.717, 1.165) is 5.56 Å². The number of ether oxygens (including phenoxy) is 2. The second-order valence-electron chi connectivity index (χ2n) is 5.04. The second kappa shape index (κ2) is 7.00. The zero-order valence-electron chi connectivity index (χ0n) is 13.6. The van der Waals surface area contributed by atoms with Gasteiger partial charge in [-0.05, 0) is 32.9 Å². The molecule has 0 atom stereocenters. The van der Waals surface area contributed by atoms with Crippen molar-refractivity contribution >= 4 is 17.6 Å². The molecule has 0 saturated carbocycles. The molecule has 1 heterocycles. The Morgan fingerprint density at radius 2 is 1.83 bits per heavy atom. The summed E-state index contributed by atoms with van der Waals surface area (Å²) in [6.07, 6.45) is 0. The zero-order chi connectivity index (χ0) is 17.0. The molecule has 0 bridgehead atoms. The Morgan fingerprint density at radius 3 is 2.43 bits per heavy atom. The molecule has 0 aliphatic heterocycles. The average Bonchev–Trinajstić information content (AvgIpc) is 2.78. The summed E-state index contributed by atoms with van der Waals surface area (Å²) in [4.78, 5) is 24.0. The van der Waals surface area contributed by atoms with Gasteiger partial charge in [-0.1, -0.05) is 12.1 Å². The van der Waals surface area contributed by atoms with Crippen molar-refractivity contribution in [1.82, 2.24) is 0 Å². The molecule has 0 unspecified atom stereocenters. The maximum absolute atomic E-state index is 12.1. The van der Waals surface area contributed by atoms with Crippen molar-refractivity contribution in [3.8, 4) is 5.75 Å². The van der Waals surface area contributed by atoms with Crippen LogP contribution in [-0.2, 0) is 9.53 Å². The van der Waals surface area contributed by atoms with E-state index in [9.17, 15) is 9.59 Å². The Morgan fingerprint density at radius 1 is 1.13 bits per heavy atom. The summed E-state index contributed by atoms with van der Waals surface area (Å²) in [6, 6.07) is 6.99. The third-order valence-corrected chi connectivity index (χ3v) is 3.48. The van der Waals surface area contributed by atoms with Gasteiger partial charge in [0.2, 0.25) is 0 Å². The summed E-state index contributed by atoms with van der Waals surface area (Å²) >= 11 is 0. The number of rotatable bonds is 5. The highest BCUT2D eigenvalue weighted by molar-refractivity contribution is 5.97. The predicted molar refractivity (Wildman–Crippen MR) is 84.8 cm³/mol. The fourth-order valence-electron chi connectivity index (χ4n) is 2.23. The molecule has 1 N–H and O–H groups in total. The number of benzene rings is 1. The van der Waals surface area contributed by atoms with E-state index in [-0.39, 0.29) is 6.61 Å². The lowest BCUT2D eigenvalue weighted by atomic mass is 10.1. The number of amides is 1. The van der Waals surface area contributed by atoms with Crippen LogP contribution in [0, 0.1) is 20.8 Å². The number of aryl methyl sites for hydroxylation is 2. The van der Waals surface area contributed by atoms with Crippen molar-refractivity contribution in [2.75, 3.05) is 19.0 Å². The maximum Gasteiger partial charge on any atom is 0.342 e. The number of methoxy groups -OCH3 is 1. The summed E-state index contributed by atoms with van der Waals surface area (Å²) in [5.74, 6) is 0.651. The highest BCUT2D eigenvalue weighted by Gasteiger charge is 2.20. The smallest absolute Gasteiger partial charge is 0.342 e. The Balaban J connectivity index is 1.98. The number of esters is 1. The number of hydrogen-bond acceptors (Lipinski definition) is 5. The van der Waals surface area contributed by atoms with Crippen molar-refractivity contribution < 1.29 is 23.5 Å². The predicted octanol–water partition coefficient (Wildman–Crippen LogP) is 3.01. The lowest BCUT2D eigenvalue weighted by Gasteiger charge is -2.10. The molecular weight excluding hydrogens is 298 g/mol. The minimum absolute atomic E-state index is 0.368. The molecule has 1 aromatic heterocycles. The fraction of sp³-hybridized carbons (Fsp3) is 0.294. The number of carbonyl (C=O) groups is 2. The topological polar surface area (TPSA) is 77.8 Å². The molecule has 0 aliphatic rings. The first kappa shape index (κ1) is 16.6. The minimum Gasteiger partial charge on any atom is -0.495 e. The number of para-hydroxylation sites is 2. The van der Waals surface area contributed by atoms with Crippen LogP contribution in [0.25, 0.3) is 0 Å². The molecule has 6 nitrogen and oxygen atoms in total. The van der Waals surface area contributed by atoms with Crippen LogP contribution in [0.5, 0.6) is 5.75 Å². The molecule has 2 rings (SSSR count). The van der Waals surface area contributed by atoms with Gasteiger partial charge in [-0.15, -0.1) is 0 Å². The molecular formula is C17H19NO5. The first-order valence-electron chi connectivity index (χ1n) is 7.10. The maximum atomic E-state index is 12.1. The summed E-state index contributed by atoms with van der Waals surface area (Å²) in [7, 11) is 1.51. The van der Waals surface area contributed by atoms with Crippen molar-refractivity contribution in [2.45, 2.75) is 20.8 Å². The molecule has 23 heavy (non-hydrogen) atoms. The zero-order valence-corrected chi connectivity index (χ0v) is 13.6. The molecule has 0 saturated heterocycles. The van der Waals surface area contributed by atoms with Crippen LogP contribution in [0.3, 0.4) is 0 Å². The van der Waals surface area contributed by atoms with Gasteiger partial charge in [0.15, 0.2) is 6.61 Å². The molecule has 0 radical (unpaired) electrons. The van der Waals surface area contributed by atoms with Crippen LogP contribution in [0.1, 0.15) is 27.4 Å². The molecule has 1 aromatic carbocycles. The Hall–Kier alpha value is -2.76. The van der Waals surface area contributed by atoms with E-state index in [1.165, 1.54) is 7.11 Å². The number of hydrogen-bond donors (Lipinski definition) is 1. The molecule has 122 valence electrons. The number of nitrogens with one attached hydrogen (secondary N) is 1. The lowest BCUT2D eigenvalue weighted by molar-refractivity contribution is -0.119. The summed E-state index contributed by atoms with van der Waals surface area (Å²) < 4.78 is 15.6. The monoisotopic (exact) mass is 317 g/mol. The van der Waals surface area contributed by atoms with E-state index in [1.807, 2.05) is 0 Å². The van der Waals surface area contributed by atoms with Crippen LogP contribution in [0.2, 0.25) is 0 Å². The second-order valence-corrected chi connectivity index (χ2v) is 5.04. The highest BCUT2D eigenvalue weighted by atomic mass is 16.5. The number of furan rings is 1. The van der Waals surface area contributed by atoms with Crippen LogP contribution in [0.4, 0.5) is 5.69 Å². The van der Waals surface area contributed by atoms with E-state index in [0.29, 0.717) is 28.5 Å². The quantitative estimate of drug-likeness (QED) is 0.858. The van der Waals surface area contributed by atoms with Crippen molar-refractivity contribution in [1.29, 1.82) is 0 Å². The molecule has 6 heteroatoms. The molecule has 0 aliphatic carbocycles. The number of carbonyl (C=O) groups excluding carboxylic acids is 2. The van der Waals surface area contributed by atoms with Gasteiger partial charge >= 0.3 is 5.97 Å². The van der Waals surface area contributed by atoms with Crippen molar-refractivity contribution in [3.63, 3.8) is 0 Å². The van der Waals surface area contributed by atoms with E-state index >= 15 is 0 Å². The summed E-state index contributed by atoms with van der Waals surface area (Å²) in [5, 5.41) is 2.64. The van der Waals surface area contributed by atoms with Gasteiger partial charge in [0.1, 0.15) is 22.8 Å². The average molecular weight is 317 g/mol. The Bertz CT molecular complexity index is 733. The SMILES string of the molecule is COc1ccccc1NC(=O)COC(=O)c1c(C)oc(C)c1C. The van der Waals surface area contributed by atoms with E-state index in [4.69, 9.17) is 13.9 Å². The van der Waals surface area contributed by atoms with Crippen molar-refractivity contribution in [2.24, 2.45) is 0 Å². The third-order valence-electron chi connectivity index (χ3n) is 3.48. The fourth-order valence-corrected chi connectivity index (χ4v) is 2.23. The minimum atomic E-state index is -0.577. The van der Waals surface area contributed by atoms with Gasteiger partial charge in [0.05, 0.1) is 12.8 Å². The van der Waals surface area contributed by atoms with Crippen molar-refractivity contribution in [3.05, 3.63) is 46.9 Å². The van der Waals surface area contributed by atoms with Gasteiger partial charge in [-0.25, -0.2) is 4.79 Å². The number of anilines is 1. The Kier molecular flexibility index (Phi) is 5.05. The van der Waals surface area contributed by atoms with Gasteiger partial charge in [-0.2, -0.15) is 0 Å². The third kappa shape index (κ3) is 3.71. The van der Waals surface area contributed by atoms with E-state index in [2.05, 4.69) is 5.32 Å². The lowest BCUT2D eigenvalue weighted by Crippen LogP contribution is -2.21. The molecule has 0 fully saturated rings. The largest absolute Gasteiger partial charge is 0.495 e. The normalized spacial score (nSPS) is 10.3. The Labute approximate surface area is 134 Å². The van der Waals surface area contributed by atoms with Crippen LogP contribution < -0.4 is 10.1 Å². The summed E-state index contributed by atoms with van der Waals surface area (Å²) in [6.45, 7) is 4.84. The molecule has 2 aromatic rings. The van der Waals surface area contributed by atoms with E-state index < -0.39 is 11.9 Å². The first-order chi connectivity index (χ1) is 10.9. The standard InChI is InChI=1S/C17H19NO5/c1-10-11(2)23-12(3)16(10)17(20)22-9-15(19)18-13-7-5-6-8-14(13)21-4/h5-8H,9H2,1-4H3,(H,18,19). The summed E-state index contributed by atoms with van der Waals surface area (Å²) in [5.41, 5.74) is 1.60. The van der Waals surface area contributed by atoms with Gasteiger partial charge in [-0.3, -0.25) is 4.79 Å². The van der Waals surface area contributed by atoms with Gasteiger partial charge in [0.25, 0.3) is 5.91 Å². The molecule has 1 amide bonds.